The zero-order valence-corrected chi connectivity index (χ0v) is 18.4. The highest BCUT2D eigenvalue weighted by molar-refractivity contribution is 5.63. The Morgan fingerprint density at radius 3 is 1.69 bits per heavy atom. The van der Waals surface area contributed by atoms with Crippen LogP contribution in [0.2, 0.25) is 0 Å². The summed E-state index contributed by atoms with van der Waals surface area (Å²) in [6, 6.07) is 18.4. The lowest BCUT2D eigenvalue weighted by Crippen LogP contribution is -2.12. The molecule has 2 rings (SSSR count). The predicted octanol–water partition coefficient (Wildman–Crippen LogP) is 7.13. The van der Waals surface area contributed by atoms with Crippen molar-refractivity contribution in [1.29, 1.82) is 0 Å². The van der Waals surface area contributed by atoms with Gasteiger partial charge in [-0.05, 0) is 56.7 Å². The van der Waals surface area contributed by atoms with Gasteiger partial charge in [-0.2, -0.15) is 4.89 Å². The van der Waals surface area contributed by atoms with Crippen LogP contribution in [0, 0.1) is 0 Å². The van der Waals surface area contributed by atoms with E-state index in [1.807, 2.05) is 18.2 Å². The van der Waals surface area contributed by atoms with Gasteiger partial charge in [-0.3, -0.25) is 0 Å². The molecule has 0 saturated carbocycles. The molecule has 0 atom stereocenters. The predicted molar refractivity (Wildman–Crippen MR) is 123 cm³/mol. The molecule has 2 aromatic rings. The van der Waals surface area contributed by atoms with Crippen LogP contribution < -0.4 is 4.89 Å². The number of nitrogens with zero attached hydrogens (tertiary/aromatic N) is 1. The van der Waals surface area contributed by atoms with E-state index >= 15 is 0 Å². The third-order valence-corrected chi connectivity index (χ3v) is 5.20. The SMILES string of the molecule is CN(C)CCCCCCCCCCCCOOc1ccc(-c2ccccc2)cc1. The molecular formula is C26H39NO2. The molecule has 0 spiro atoms. The molecule has 3 heteroatoms. The second kappa shape index (κ2) is 15.1. The lowest BCUT2D eigenvalue weighted by Gasteiger charge is -2.08. The molecule has 3 nitrogen and oxygen atoms in total. The van der Waals surface area contributed by atoms with Gasteiger partial charge < -0.3 is 9.79 Å². The summed E-state index contributed by atoms with van der Waals surface area (Å²) in [5.74, 6) is 0.760. The summed E-state index contributed by atoms with van der Waals surface area (Å²) in [6.07, 6.45) is 13.2. The first-order chi connectivity index (χ1) is 14.3. The Labute approximate surface area is 178 Å². The van der Waals surface area contributed by atoms with E-state index in [-0.39, 0.29) is 0 Å². The first-order valence-corrected chi connectivity index (χ1v) is 11.4. The Morgan fingerprint density at radius 2 is 1.10 bits per heavy atom. The van der Waals surface area contributed by atoms with Crippen LogP contribution in [0.4, 0.5) is 0 Å². The van der Waals surface area contributed by atoms with Crippen LogP contribution in [0.1, 0.15) is 64.2 Å². The summed E-state index contributed by atoms with van der Waals surface area (Å²) in [7, 11) is 4.31. The first kappa shape index (κ1) is 23.4. The van der Waals surface area contributed by atoms with Crippen molar-refractivity contribution < 1.29 is 9.78 Å². The zero-order chi connectivity index (χ0) is 20.6. The normalized spacial score (nSPS) is 11.1. The Balaban J connectivity index is 1.40. The van der Waals surface area contributed by atoms with Gasteiger partial charge >= 0.3 is 0 Å². The molecule has 0 saturated heterocycles. The van der Waals surface area contributed by atoms with Crippen LogP contribution in [-0.2, 0) is 4.89 Å². The van der Waals surface area contributed by atoms with Crippen molar-refractivity contribution in [3.8, 4) is 16.9 Å². The van der Waals surface area contributed by atoms with E-state index in [9.17, 15) is 0 Å². The fourth-order valence-corrected chi connectivity index (χ4v) is 3.45. The summed E-state index contributed by atoms with van der Waals surface area (Å²) in [6.45, 7) is 1.89. The van der Waals surface area contributed by atoms with E-state index in [1.165, 1.54) is 75.5 Å². The molecule has 0 N–H and O–H groups in total. The minimum Gasteiger partial charge on any atom is -0.338 e. The van der Waals surface area contributed by atoms with Crippen LogP contribution in [0.25, 0.3) is 11.1 Å². The minimum atomic E-state index is 0.659. The maximum Gasteiger partial charge on any atom is 0.165 e. The Morgan fingerprint density at radius 1 is 0.586 bits per heavy atom. The molecule has 160 valence electrons. The highest BCUT2D eigenvalue weighted by atomic mass is 17.2. The molecule has 0 heterocycles. The van der Waals surface area contributed by atoms with Crippen LogP contribution in [-0.4, -0.2) is 32.1 Å². The Bertz CT molecular complexity index is 625. The Kier molecular flexibility index (Phi) is 12.2. The fraction of sp³-hybridized carbons (Fsp3) is 0.538. The second-order valence-corrected chi connectivity index (χ2v) is 8.13. The molecule has 0 aliphatic rings. The lowest BCUT2D eigenvalue weighted by molar-refractivity contribution is -0.207. The van der Waals surface area contributed by atoms with Crippen molar-refractivity contribution in [2.45, 2.75) is 64.2 Å². The second-order valence-electron chi connectivity index (χ2n) is 8.13. The zero-order valence-electron chi connectivity index (χ0n) is 18.4. The van der Waals surface area contributed by atoms with Crippen molar-refractivity contribution in [3.63, 3.8) is 0 Å². The molecule has 2 aromatic carbocycles. The molecule has 0 radical (unpaired) electrons. The van der Waals surface area contributed by atoms with Gasteiger partial charge in [0.2, 0.25) is 0 Å². The summed E-state index contributed by atoms with van der Waals surface area (Å²) in [4.78, 5) is 13.0. The van der Waals surface area contributed by atoms with Crippen LogP contribution in [0.5, 0.6) is 5.75 Å². The van der Waals surface area contributed by atoms with Gasteiger partial charge in [-0.15, -0.1) is 0 Å². The monoisotopic (exact) mass is 397 g/mol. The average molecular weight is 398 g/mol. The average Bonchev–Trinajstić information content (AvgIpc) is 2.75. The van der Waals surface area contributed by atoms with Gasteiger partial charge in [0, 0.05) is 0 Å². The molecule has 0 aromatic heterocycles. The molecule has 0 unspecified atom stereocenters. The minimum absolute atomic E-state index is 0.659. The maximum atomic E-state index is 5.40. The molecule has 0 amide bonds. The smallest absolute Gasteiger partial charge is 0.165 e. The van der Waals surface area contributed by atoms with Crippen molar-refractivity contribution in [2.24, 2.45) is 0 Å². The van der Waals surface area contributed by atoms with Crippen LogP contribution in [0.3, 0.4) is 0 Å². The maximum absolute atomic E-state index is 5.40. The van der Waals surface area contributed by atoms with Crippen molar-refractivity contribution >= 4 is 0 Å². The highest BCUT2D eigenvalue weighted by Gasteiger charge is 1.99. The third kappa shape index (κ3) is 11.1. The van der Waals surface area contributed by atoms with Gasteiger partial charge in [-0.1, -0.05) is 93.8 Å². The van der Waals surface area contributed by atoms with E-state index in [4.69, 9.17) is 9.78 Å². The summed E-state index contributed by atoms with van der Waals surface area (Å²) >= 11 is 0. The summed E-state index contributed by atoms with van der Waals surface area (Å²) in [5, 5.41) is 0. The first-order valence-electron chi connectivity index (χ1n) is 11.4. The van der Waals surface area contributed by atoms with E-state index in [0.29, 0.717) is 6.61 Å². The van der Waals surface area contributed by atoms with Gasteiger partial charge in [0.05, 0.1) is 6.61 Å². The molecule has 0 fully saturated rings. The topological polar surface area (TPSA) is 21.7 Å². The third-order valence-electron chi connectivity index (χ3n) is 5.20. The van der Waals surface area contributed by atoms with Crippen molar-refractivity contribution in [3.05, 3.63) is 54.6 Å². The number of unbranched alkanes of at least 4 members (excludes halogenated alkanes) is 9. The Hall–Kier alpha value is -1.84. The lowest BCUT2D eigenvalue weighted by atomic mass is 10.1. The highest BCUT2D eigenvalue weighted by Crippen LogP contribution is 2.22. The van der Waals surface area contributed by atoms with Gasteiger partial charge in [0.25, 0.3) is 0 Å². The van der Waals surface area contributed by atoms with E-state index in [2.05, 4.69) is 55.4 Å². The quantitative estimate of drug-likeness (QED) is 0.171. The van der Waals surface area contributed by atoms with Gasteiger partial charge in [-0.25, -0.2) is 0 Å². The fourth-order valence-electron chi connectivity index (χ4n) is 3.45. The van der Waals surface area contributed by atoms with Crippen molar-refractivity contribution in [2.75, 3.05) is 27.2 Å². The molecule has 0 aliphatic heterocycles. The van der Waals surface area contributed by atoms with E-state index < -0.39 is 0 Å². The largest absolute Gasteiger partial charge is 0.338 e. The van der Waals surface area contributed by atoms with E-state index in [1.54, 1.807) is 0 Å². The molecule has 0 bridgehead atoms. The van der Waals surface area contributed by atoms with Gasteiger partial charge in [0.1, 0.15) is 0 Å². The number of benzene rings is 2. The van der Waals surface area contributed by atoms with E-state index in [0.717, 1.165) is 12.2 Å². The molecular weight excluding hydrogens is 358 g/mol. The number of rotatable bonds is 16. The molecule has 0 aliphatic carbocycles. The van der Waals surface area contributed by atoms with Crippen LogP contribution in [0.15, 0.2) is 54.6 Å². The van der Waals surface area contributed by atoms with Crippen LogP contribution >= 0.6 is 0 Å². The summed E-state index contributed by atoms with van der Waals surface area (Å²) in [5.41, 5.74) is 2.40. The number of hydrogen-bond acceptors (Lipinski definition) is 3. The molecule has 29 heavy (non-hydrogen) atoms. The standard InChI is InChI=1S/C26H39NO2/c1-27(2)22-14-9-7-5-3-4-6-8-10-15-23-28-29-26-20-18-25(19-21-26)24-16-12-11-13-17-24/h11-13,16-21H,3-10,14-15,22-23H2,1-2H3. The van der Waals surface area contributed by atoms with Crippen molar-refractivity contribution in [1.82, 2.24) is 4.90 Å². The summed E-state index contributed by atoms with van der Waals surface area (Å²) < 4.78 is 0. The van der Waals surface area contributed by atoms with Gasteiger partial charge in [0.15, 0.2) is 5.75 Å². The number of hydrogen-bond donors (Lipinski definition) is 0.